The molecule has 2 N–H and O–H groups in total. The Bertz CT molecular complexity index is 261. The quantitative estimate of drug-likeness (QED) is 0.727. The smallest absolute Gasteiger partial charge is 0.236 e. The van der Waals surface area contributed by atoms with E-state index < -0.39 is 0 Å². The van der Waals surface area contributed by atoms with Gasteiger partial charge in [-0.05, 0) is 19.3 Å². The summed E-state index contributed by atoms with van der Waals surface area (Å²) in [5.41, 5.74) is 0. The van der Waals surface area contributed by atoms with Gasteiger partial charge in [-0.2, -0.15) is 0 Å². The predicted octanol–water partition coefficient (Wildman–Crippen LogP) is 0.505. The van der Waals surface area contributed by atoms with Crippen molar-refractivity contribution in [2.75, 3.05) is 32.7 Å². The minimum atomic E-state index is -0.0412. The van der Waals surface area contributed by atoms with Crippen molar-refractivity contribution in [1.29, 1.82) is 0 Å². The number of hydrogen-bond donors (Lipinski definition) is 2. The molecule has 1 saturated heterocycles. The first-order chi connectivity index (χ1) is 8.74. The first-order valence-corrected chi connectivity index (χ1v) is 6.99. The topological polar surface area (TPSA) is 61.4 Å². The third-order valence-corrected chi connectivity index (χ3v) is 3.09. The van der Waals surface area contributed by atoms with E-state index in [0.717, 1.165) is 32.4 Å². The molecule has 104 valence electrons. The van der Waals surface area contributed by atoms with Gasteiger partial charge in [0, 0.05) is 19.6 Å². The Morgan fingerprint density at radius 2 is 1.72 bits per heavy atom. The molecule has 0 atom stereocenters. The van der Waals surface area contributed by atoms with Crippen LogP contribution in [0.2, 0.25) is 0 Å². The molecule has 1 fully saturated rings. The molecule has 18 heavy (non-hydrogen) atoms. The highest BCUT2D eigenvalue weighted by atomic mass is 16.2. The maximum atomic E-state index is 11.9. The van der Waals surface area contributed by atoms with Gasteiger partial charge < -0.3 is 10.2 Å². The van der Waals surface area contributed by atoms with Gasteiger partial charge in [0.15, 0.2) is 0 Å². The predicted molar refractivity (Wildman–Crippen MR) is 71.2 cm³/mol. The van der Waals surface area contributed by atoms with Crippen molar-refractivity contribution >= 4 is 11.8 Å². The third-order valence-electron chi connectivity index (χ3n) is 3.09. The van der Waals surface area contributed by atoms with E-state index in [-0.39, 0.29) is 24.9 Å². The van der Waals surface area contributed by atoms with Crippen molar-refractivity contribution in [1.82, 2.24) is 15.5 Å². The highest BCUT2D eigenvalue weighted by molar-refractivity contribution is 5.81. The summed E-state index contributed by atoms with van der Waals surface area (Å²) in [6, 6.07) is 0. The van der Waals surface area contributed by atoms with Crippen molar-refractivity contribution in [3.63, 3.8) is 0 Å². The molecule has 0 aromatic carbocycles. The Labute approximate surface area is 109 Å². The van der Waals surface area contributed by atoms with Gasteiger partial charge in [0.2, 0.25) is 11.8 Å². The van der Waals surface area contributed by atoms with E-state index in [0.29, 0.717) is 6.54 Å². The molecule has 1 rings (SSSR count). The molecule has 0 spiro atoms. The lowest BCUT2D eigenvalue weighted by Gasteiger charge is -2.20. The van der Waals surface area contributed by atoms with E-state index in [1.54, 1.807) is 0 Å². The fourth-order valence-corrected chi connectivity index (χ4v) is 2.04. The lowest BCUT2D eigenvalue weighted by molar-refractivity contribution is -0.130. The number of hydrogen-bond acceptors (Lipinski definition) is 3. The van der Waals surface area contributed by atoms with Gasteiger partial charge in [-0.3, -0.25) is 14.9 Å². The molecular weight excluding hydrogens is 230 g/mol. The maximum absolute atomic E-state index is 11.9. The second kappa shape index (κ2) is 8.91. The van der Waals surface area contributed by atoms with Crippen LogP contribution in [0, 0.1) is 0 Å². The number of nitrogens with zero attached hydrogens (tertiary/aromatic N) is 1. The van der Waals surface area contributed by atoms with Gasteiger partial charge in [0.1, 0.15) is 0 Å². The zero-order valence-corrected chi connectivity index (χ0v) is 11.3. The minimum Gasteiger partial charge on any atom is -0.355 e. The molecule has 1 aliphatic heterocycles. The SMILES string of the molecule is CCCNC(=O)CNCC(=O)N1CCCCCC1. The number of amides is 2. The zero-order chi connectivity index (χ0) is 13.2. The molecule has 1 heterocycles. The maximum Gasteiger partial charge on any atom is 0.236 e. The standard InChI is InChI=1S/C13H25N3O2/c1-2-7-15-12(17)10-14-11-13(18)16-8-5-3-4-6-9-16/h14H,2-11H2,1H3,(H,15,17). The molecule has 5 nitrogen and oxygen atoms in total. The second-order valence-corrected chi connectivity index (χ2v) is 4.75. The van der Waals surface area contributed by atoms with Crippen molar-refractivity contribution in [3.8, 4) is 0 Å². The fourth-order valence-electron chi connectivity index (χ4n) is 2.04. The lowest BCUT2D eigenvalue weighted by atomic mass is 10.2. The van der Waals surface area contributed by atoms with E-state index in [1.165, 1.54) is 12.8 Å². The number of carbonyl (C=O) groups excluding carboxylic acids is 2. The molecular formula is C13H25N3O2. The summed E-state index contributed by atoms with van der Waals surface area (Å²) < 4.78 is 0. The summed E-state index contributed by atoms with van der Waals surface area (Å²) in [5, 5.41) is 5.68. The van der Waals surface area contributed by atoms with Crippen LogP contribution in [0.3, 0.4) is 0 Å². The van der Waals surface area contributed by atoms with Crippen LogP contribution in [0.4, 0.5) is 0 Å². The van der Waals surface area contributed by atoms with E-state index in [4.69, 9.17) is 0 Å². The van der Waals surface area contributed by atoms with Crippen molar-refractivity contribution < 1.29 is 9.59 Å². The Morgan fingerprint density at radius 3 is 2.33 bits per heavy atom. The molecule has 2 amide bonds. The summed E-state index contributed by atoms with van der Waals surface area (Å²) in [6.45, 7) is 4.92. The Morgan fingerprint density at radius 1 is 1.06 bits per heavy atom. The molecule has 0 radical (unpaired) electrons. The first kappa shape index (κ1) is 15.0. The van der Waals surface area contributed by atoms with Gasteiger partial charge in [-0.25, -0.2) is 0 Å². The molecule has 5 heteroatoms. The molecule has 0 aromatic heterocycles. The minimum absolute atomic E-state index is 0.0412. The van der Waals surface area contributed by atoms with Crippen molar-refractivity contribution in [3.05, 3.63) is 0 Å². The first-order valence-electron chi connectivity index (χ1n) is 6.99. The van der Waals surface area contributed by atoms with Crippen LogP contribution in [0.1, 0.15) is 39.0 Å². The fraction of sp³-hybridized carbons (Fsp3) is 0.846. The second-order valence-electron chi connectivity index (χ2n) is 4.75. The van der Waals surface area contributed by atoms with Crippen LogP contribution in [0.25, 0.3) is 0 Å². The lowest BCUT2D eigenvalue weighted by Crippen LogP contribution is -2.42. The Balaban J connectivity index is 2.13. The van der Waals surface area contributed by atoms with Crippen LogP contribution < -0.4 is 10.6 Å². The Hall–Kier alpha value is -1.10. The molecule has 0 unspecified atom stereocenters. The largest absolute Gasteiger partial charge is 0.355 e. The summed E-state index contributed by atoms with van der Waals surface area (Å²) >= 11 is 0. The summed E-state index contributed by atoms with van der Waals surface area (Å²) in [6.07, 6.45) is 5.57. The van der Waals surface area contributed by atoms with E-state index in [1.807, 2.05) is 11.8 Å². The van der Waals surface area contributed by atoms with Gasteiger partial charge in [0.05, 0.1) is 13.1 Å². The van der Waals surface area contributed by atoms with Crippen LogP contribution in [-0.2, 0) is 9.59 Å². The highest BCUT2D eigenvalue weighted by Crippen LogP contribution is 2.09. The van der Waals surface area contributed by atoms with E-state index in [9.17, 15) is 9.59 Å². The number of rotatable bonds is 6. The van der Waals surface area contributed by atoms with Crippen LogP contribution in [-0.4, -0.2) is 49.4 Å². The van der Waals surface area contributed by atoms with Crippen LogP contribution >= 0.6 is 0 Å². The van der Waals surface area contributed by atoms with Crippen LogP contribution in [0.5, 0.6) is 0 Å². The summed E-state index contributed by atoms with van der Waals surface area (Å²) in [7, 11) is 0. The van der Waals surface area contributed by atoms with Crippen molar-refractivity contribution in [2.45, 2.75) is 39.0 Å². The van der Waals surface area contributed by atoms with E-state index in [2.05, 4.69) is 10.6 Å². The normalized spacial score (nSPS) is 16.2. The molecule has 0 aliphatic carbocycles. The van der Waals surface area contributed by atoms with Crippen molar-refractivity contribution in [2.24, 2.45) is 0 Å². The average molecular weight is 255 g/mol. The Kier molecular flexibility index (Phi) is 7.41. The average Bonchev–Trinajstić information content (AvgIpc) is 2.65. The highest BCUT2D eigenvalue weighted by Gasteiger charge is 2.14. The van der Waals surface area contributed by atoms with Gasteiger partial charge in [-0.1, -0.05) is 19.8 Å². The summed E-state index contributed by atoms with van der Waals surface area (Å²) in [4.78, 5) is 25.1. The number of nitrogens with one attached hydrogen (secondary N) is 2. The number of likely N-dealkylation sites (tertiary alicyclic amines) is 1. The molecule has 0 aromatic rings. The third kappa shape index (κ3) is 6.00. The summed E-state index contributed by atoms with van der Waals surface area (Å²) in [5.74, 6) is 0.0701. The molecule has 0 saturated carbocycles. The van der Waals surface area contributed by atoms with Gasteiger partial charge >= 0.3 is 0 Å². The molecule has 0 bridgehead atoms. The monoisotopic (exact) mass is 255 g/mol. The molecule has 1 aliphatic rings. The van der Waals surface area contributed by atoms with Crippen LogP contribution in [0.15, 0.2) is 0 Å². The number of carbonyl (C=O) groups is 2. The van der Waals surface area contributed by atoms with Gasteiger partial charge in [-0.15, -0.1) is 0 Å². The van der Waals surface area contributed by atoms with Gasteiger partial charge in [0.25, 0.3) is 0 Å². The van der Waals surface area contributed by atoms with E-state index >= 15 is 0 Å². The zero-order valence-electron chi connectivity index (χ0n) is 11.3.